The van der Waals surface area contributed by atoms with Gasteiger partial charge in [-0.1, -0.05) is 34.1 Å². The first-order chi connectivity index (χ1) is 5.25. The molecular weight excluding hydrogens is 204 g/mol. The molecule has 1 rings (SSSR count). The van der Waals surface area contributed by atoms with Gasteiger partial charge in [-0.05, 0) is 18.7 Å². The molecule has 11 heavy (non-hydrogen) atoms. The highest BCUT2D eigenvalue weighted by Gasteiger charge is 2.04. The minimum absolute atomic E-state index is 0.0921. The van der Waals surface area contributed by atoms with Crippen molar-refractivity contribution in [3.8, 4) is 0 Å². The molecule has 3 N–H and O–H groups in total. The van der Waals surface area contributed by atoms with Gasteiger partial charge in [0.15, 0.2) is 0 Å². The molecule has 1 aromatic carbocycles. The van der Waals surface area contributed by atoms with Crippen LogP contribution in [0.3, 0.4) is 0 Å². The Kier molecular flexibility index (Phi) is 3.05. The molecule has 0 heterocycles. The fourth-order valence-electron chi connectivity index (χ4n) is 0.883. The first-order valence-electron chi connectivity index (χ1n) is 3.43. The molecule has 0 bridgehead atoms. The number of hydrogen-bond donors (Lipinski definition) is 2. The zero-order valence-electron chi connectivity index (χ0n) is 6.34. The maximum Gasteiger partial charge on any atom is 0.0818 e. The van der Waals surface area contributed by atoms with Gasteiger partial charge in [0.1, 0.15) is 0 Å². The van der Waals surface area contributed by atoms with Crippen LogP contribution in [0, 0.1) is 0 Å². The number of rotatable bonds is 2. The normalized spacial score (nSPS) is 13.0. The number of nitrogens with one attached hydrogen (secondary N) is 1. The van der Waals surface area contributed by atoms with Gasteiger partial charge in [-0.15, -0.1) is 0 Å². The quantitative estimate of drug-likeness (QED) is 0.735. The Balaban J connectivity index is 2.93. The van der Waals surface area contributed by atoms with Gasteiger partial charge in [-0.25, -0.2) is 0 Å². The fraction of sp³-hybridized carbons (Fsp3) is 0.250. The SMILES string of the molecule is CNC(N)c1ccccc1Br. The second-order valence-electron chi connectivity index (χ2n) is 2.29. The van der Waals surface area contributed by atoms with E-state index in [0.29, 0.717) is 0 Å². The molecule has 2 nitrogen and oxygen atoms in total. The first-order valence-corrected chi connectivity index (χ1v) is 4.22. The van der Waals surface area contributed by atoms with Crippen LogP contribution in [0.4, 0.5) is 0 Å². The van der Waals surface area contributed by atoms with Crippen LogP contribution >= 0.6 is 15.9 Å². The third-order valence-electron chi connectivity index (χ3n) is 1.55. The average molecular weight is 215 g/mol. The third-order valence-corrected chi connectivity index (χ3v) is 2.27. The summed E-state index contributed by atoms with van der Waals surface area (Å²) in [5, 5.41) is 2.97. The summed E-state index contributed by atoms with van der Waals surface area (Å²) in [5.74, 6) is 0. The summed E-state index contributed by atoms with van der Waals surface area (Å²) in [4.78, 5) is 0. The van der Waals surface area contributed by atoms with E-state index in [1.165, 1.54) is 0 Å². The van der Waals surface area contributed by atoms with Crippen molar-refractivity contribution < 1.29 is 0 Å². The van der Waals surface area contributed by atoms with Crippen LogP contribution in [0.1, 0.15) is 11.7 Å². The minimum atomic E-state index is -0.0921. The van der Waals surface area contributed by atoms with Crippen molar-refractivity contribution in [1.29, 1.82) is 0 Å². The highest BCUT2D eigenvalue weighted by atomic mass is 79.9. The van der Waals surface area contributed by atoms with Gasteiger partial charge in [0, 0.05) is 4.47 Å². The van der Waals surface area contributed by atoms with Crippen LogP contribution in [0.5, 0.6) is 0 Å². The van der Waals surface area contributed by atoms with Crippen molar-refractivity contribution >= 4 is 15.9 Å². The van der Waals surface area contributed by atoms with Crippen molar-refractivity contribution in [2.45, 2.75) is 6.17 Å². The number of hydrogen-bond acceptors (Lipinski definition) is 2. The van der Waals surface area contributed by atoms with Gasteiger partial charge in [0.05, 0.1) is 6.17 Å². The molecular formula is C8H11BrN2. The van der Waals surface area contributed by atoms with E-state index in [2.05, 4.69) is 21.2 Å². The van der Waals surface area contributed by atoms with Crippen LogP contribution in [0.2, 0.25) is 0 Å². The van der Waals surface area contributed by atoms with Crippen molar-refractivity contribution in [3.63, 3.8) is 0 Å². The van der Waals surface area contributed by atoms with Gasteiger partial charge in [0.2, 0.25) is 0 Å². The molecule has 0 fully saturated rings. The molecule has 1 unspecified atom stereocenters. The summed E-state index contributed by atoms with van der Waals surface area (Å²) in [6, 6.07) is 7.91. The van der Waals surface area contributed by atoms with Crippen LogP contribution < -0.4 is 11.1 Å². The van der Waals surface area contributed by atoms with Crippen LogP contribution in [-0.4, -0.2) is 7.05 Å². The first kappa shape index (κ1) is 8.71. The molecule has 1 aromatic rings. The van der Waals surface area contributed by atoms with Gasteiger partial charge < -0.3 is 11.1 Å². The maximum absolute atomic E-state index is 5.75. The molecule has 0 amide bonds. The van der Waals surface area contributed by atoms with E-state index in [0.717, 1.165) is 10.0 Å². The van der Waals surface area contributed by atoms with E-state index in [4.69, 9.17) is 5.73 Å². The fourth-order valence-corrected chi connectivity index (χ4v) is 1.41. The smallest absolute Gasteiger partial charge is 0.0818 e. The summed E-state index contributed by atoms with van der Waals surface area (Å²) in [6.45, 7) is 0. The summed E-state index contributed by atoms with van der Waals surface area (Å²) in [7, 11) is 1.84. The molecule has 0 aliphatic carbocycles. The summed E-state index contributed by atoms with van der Waals surface area (Å²) in [5.41, 5.74) is 6.83. The molecule has 0 saturated heterocycles. The van der Waals surface area contributed by atoms with E-state index in [1.54, 1.807) is 0 Å². The molecule has 0 saturated carbocycles. The highest BCUT2D eigenvalue weighted by molar-refractivity contribution is 9.10. The molecule has 0 radical (unpaired) electrons. The Hall–Kier alpha value is -0.380. The zero-order valence-corrected chi connectivity index (χ0v) is 7.93. The third kappa shape index (κ3) is 2.02. The number of benzene rings is 1. The predicted octanol–water partition coefficient (Wildman–Crippen LogP) is 1.63. The van der Waals surface area contributed by atoms with Gasteiger partial charge >= 0.3 is 0 Å². The van der Waals surface area contributed by atoms with Crippen molar-refractivity contribution in [2.75, 3.05) is 7.05 Å². The minimum Gasteiger partial charge on any atom is -0.312 e. The lowest BCUT2D eigenvalue weighted by Crippen LogP contribution is -2.25. The molecule has 60 valence electrons. The summed E-state index contributed by atoms with van der Waals surface area (Å²) < 4.78 is 1.04. The maximum atomic E-state index is 5.75. The average Bonchev–Trinajstić information content (AvgIpc) is 2.04. The molecule has 0 spiro atoms. The monoisotopic (exact) mass is 214 g/mol. The van der Waals surface area contributed by atoms with Crippen LogP contribution in [0.15, 0.2) is 28.7 Å². The highest BCUT2D eigenvalue weighted by Crippen LogP contribution is 2.19. The van der Waals surface area contributed by atoms with E-state index in [1.807, 2.05) is 31.3 Å². The van der Waals surface area contributed by atoms with Crippen molar-refractivity contribution in [1.82, 2.24) is 5.32 Å². The molecule has 3 heteroatoms. The van der Waals surface area contributed by atoms with Crippen molar-refractivity contribution in [2.24, 2.45) is 5.73 Å². The lowest BCUT2D eigenvalue weighted by molar-refractivity contribution is 0.620. The second kappa shape index (κ2) is 3.85. The largest absolute Gasteiger partial charge is 0.312 e. The Labute approximate surface area is 74.9 Å². The Bertz CT molecular complexity index is 237. The number of nitrogens with two attached hydrogens (primary N) is 1. The van der Waals surface area contributed by atoms with E-state index >= 15 is 0 Å². The van der Waals surface area contributed by atoms with Gasteiger partial charge in [0.25, 0.3) is 0 Å². The topological polar surface area (TPSA) is 38.0 Å². The van der Waals surface area contributed by atoms with Gasteiger partial charge in [-0.2, -0.15) is 0 Å². The lowest BCUT2D eigenvalue weighted by atomic mass is 10.2. The lowest BCUT2D eigenvalue weighted by Gasteiger charge is -2.11. The molecule has 0 aromatic heterocycles. The van der Waals surface area contributed by atoms with Crippen LogP contribution in [0.25, 0.3) is 0 Å². The predicted molar refractivity (Wildman–Crippen MR) is 50.1 cm³/mol. The second-order valence-corrected chi connectivity index (χ2v) is 3.14. The van der Waals surface area contributed by atoms with Gasteiger partial charge in [-0.3, -0.25) is 0 Å². The Morgan fingerprint density at radius 2 is 2.09 bits per heavy atom. The van der Waals surface area contributed by atoms with E-state index in [-0.39, 0.29) is 6.17 Å². The number of halogens is 1. The summed E-state index contributed by atoms with van der Waals surface area (Å²) >= 11 is 3.42. The van der Waals surface area contributed by atoms with E-state index < -0.39 is 0 Å². The Morgan fingerprint density at radius 3 is 2.64 bits per heavy atom. The van der Waals surface area contributed by atoms with Crippen molar-refractivity contribution in [3.05, 3.63) is 34.3 Å². The van der Waals surface area contributed by atoms with E-state index in [9.17, 15) is 0 Å². The standard InChI is InChI=1S/C8H11BrN2/c1-11-8(10)6-4-2-3-5-7(6)9/h2-5,8,11H,10H2,1H3. The molecule has 0 aliphatic rings. The zero-order chi connectivity index (χ0) is 8.27. The summed E-state index contributed by atoms with van der Waals surface area (Å²) in [6.07, 6.45) is -0.0921. The molecule has 0 aliphatic heterocycles. The van der Waals surface area contributed by atoms with Crippen LogP contribution in [-0.2, 0) is 0 Å². The molecule has 1 atom stereocenters. The Morgan fingerprint density at radius 1 is 1.45 bits per heavy atom.